The molecule has 0 amide bonds. The summed E-state index contributed by atoms with van der Waals surface area (Å²) in [6.07, 6.45) is 3.81. The summed E-state index contributed by atoms with van der Waals surface area (Å²) >= 11 is 3.52. The van der Waals surface area contributed by atoms with E-state index in [-0.39, 0.29) is 0 Å². The molecule has 0 saturated carbocycles. The van der Waals surface area contributed by atoms with Gasteiger partial charge in [0.25, 0.3) is 0 Å². The number of hydrogen-bond acceptors (Lipinski definition) is 2. The van der Waals surface area contributed by atoms with Crippen LogP contribution in [0.3, 0.4) is 0 Å². The van der Waals surface area contributed by atoms with Crippen molar-refractivity contribution in [2.45, 2.75) is 13.8 Å². The Balaban J connectivity index is 2.66. The van der Waals surface area contributed by atoms with Gasteiger partial charge in [0.1, 0.15) is 12.4 Å². The van der Waals surface area contributed by atoms with Crippen LogP contribution in [0.15, 0.2) is 28.8 Å². The van der Waals surface area contributed by atoms with E-state index >= 15 is 0 Å². The molecule has 0 aromatic heterocycles. The van der Waals surface area contributed by atoms with Crippen molar-refractivity contribution >= 4 is 15.9 Å². The van der Waals surface area contributed by atoms with Crippen molar-refractivity contribution in [2.24, 2.45) is 5.73 Å². The zero-order chi connectivity index (χ0) is 11.3. The maximum Gasteiger partial charge on any atom is 0.120 e. The summed E-state index contributed by atoms with van der Waals surface area (Å²) in [6.45, 7) is 5.23. The summed E-state index contributed by atoms with van der Waals surface area (Å²) in [4.78, 5) is 0. The van der Waals surface area contributed by atoms with Gasteiger partial charge in [0, 0.05) is 11.0 Å². The predicted octanol–water partition coefficient (Wildman–Crippen LogP) is 2.96. The van der Waals surface area contributed by atoms with Crippen molar-refractivity contribution in [3.63, 3.8) is 0 Å². The molecule has 0 aliphatic rings. The Morgan fingerprint density at radius 3 is 2.40 bits per heavy atom. The van der Waals surface area contributed by atoms with Gasteiger partial charge < -0.3 is 10.5 Å². The molecule has 2 N–H and O–H groups in total. The lowest BCUT2D eigenvalue weighted by Crippen LogP contribution is -1.98. The molecule has 1 rings (SSSR count). The van der Waals surface area contributed by atoms with Gasteiger partial charge in [-0.2, -0.15) is 0 Å². The number of halogens is 1. The van der Waals surface area contributed by atoms with Crippen molar-refractivity contribution in [3.05, 3.63) is 39.9 Å². The fourth-order valence-corrected chi connectivity index (χ4v) is 1.53. The summed E-state index contributed by atoms with van der Waals surface area (Å²) in [5.41, 5.74) is 7.70. The molecule has 0 aliphatic carbocycles. The molecule has 0 atom stereocenters. The second-order valence-corrected chi connectivity index (χ2v) is 4.18. The van der Waals surface area contributed by atoms with E-state index in [1.165, 1.54) is 11.1 Å². The van der Waals surface area contributed by atoms with E-state index in [4.69, 9.17) is 10.5 Å². The maximum absolute atomic E-state index is 5.56. The van der Waals surface area contributed by atoms with Crippen LogP contribution in [0.4, 0.5) is 0 Å². The van der Waals surface area contributed by atoms with Gasteiger partial charge in [-0.05, 0) is 37.1 Å². The summed E-state index contributed by atoms with van der Waals surface area (Å²) in [5, 5.41) is 0. The largest absolute Gasteiger partial charge is 0.490 e. The molecular formula is C12H16BrNO. The van der Waals surface area contributed by atoms with Crippen LogP contribution in [0.25, 0.3) is 0 Å². The summed E-state index contributed by atoms with van der Waals surface area (Å²) in [7, 11) is 0. The van der Waals surface area contributed by atoms with Gasteiger partial charge in [-0.15, -0.1) is 0 Å². The van der Waals surface area contributed by atoms with Gasteiger partial charge in [0.15, 0.2) is 0 Å². The van der Waals surface area contributed by atoms with Crippen molar-refractivity contribution in [1.29, 1.82) is 0 Å². The summed E-state index contributed by atoms with van der Waals surface area (Å²) in [5.74, 6) is 0.898. The van der Waals surface area contributed by atoms with Crippen LogP contribution in [0, 0.1) is 13.8 Å². The Kier molecular flexibility index (Phi) is 4.85. The van der Waals surface area contributed by atoms with Crippen molar-refractivity contribution in [3.8, 4) is 5.75 Å². The third kappa shape index (κ3) is 3.68. The lowest BCUT2D eigenvalue weighted by molar-refractivity contribution is 0.362. The highest BCUT2D eigenvalue weighted by Gasteiger charge is 2.02. The first kappa shape index (κ1) is 12.3. The number of ether oxygens (including phenoxy) is 1. The molecule has 82 valence electrons. The second-order valence-electron chi connectivity index (χ2n) is 3.39. The number of aryl methyl sites for hydroxylation is 2. The third-order valence-electron chi connectivity index (χ3n) is 2.06. The molecule has 0 aliphatic heterocycles. The van der Waals surface area contributed by atoms with E-state index in [0.717, 1.165) is 10.2 Å². The number of benzene rings is 1. The minimum Gasteiger partial charge on any atom is -0.490 e. The molecule has 2 nitrogen and oxygen atoms in total. The highest BCUT2D eigenvalue weighted by Crippen LogP contribution is 2.26. The summed E-state index contributed by atoms with van der Waals surface area (Å²) in [6, 6.07) is 4.04. The molecular weight excluding hydrogens is 254 g/mol. The monoisotopic (exact) mass is 269 g/mol. The van der Waals surface area contributed by atoms with Crippen LogP contribution in [-0.4, -0.2) is 13.2 Å². The van der Waals surface area contributed by atoms with Crippen LogP contribution in [-0.2, 0) is 0 Å². The van der Waals surface area contributed by atoms with Gasteiger partial charge in [0.05, 0.1) is 0 Å². The molecule has 0 fully saturated rings. The minimum atomic E-state index is 0.557. The molecule has 0 spiro atoms. The van der Waals surface area contributed by atoms with Crippen LogP contribution >= 0.6 is 15.9 Å². The Morgan fingerprint density at radius 2 is 1.87 bits per heavy atom. The molecule has 0 unspecified atom stereocenters. The molecule has 0 radical (unpaired) electrons. The van der Waals surface area contributed by atoms with Crippen molar-refractivity contribution in [1.82, 2.24) is 0 Å². The molecule has 0 heterocycles. The van der Waals surface area contributed by atoms with Crippen molar-refractivity contribution < 1.29 is 4.74 Å². The van der Waals surface area contributed by atoms with Gasteiger partial charge >= 0.3 is 0 Å². The lowest BCUT2D eigenvalue weighted by Gasteiger charge is -2.08. The molecule has 1 aromatic carbocycles. The second kappa shape index (κ2) is 5.93. The quantitative estimate of drug-likeness (QED) is 0.854. The first-order chi connectivity index (χ1) is 7.15. The van der Waals surface area contributed by atoms with E-state index in [1.54, 1.807) is 0 Å². The van der Waals surface area contributed by atoms with Crippen LogP contribution < -0.4 is 10.5 Å². The Morgan fingerprint density at radius 1 is 1.27 bits per heavy atom. The van der Waals surface area contributed by atoms with Gasteiger partial charge in [0.2, 0.25) is 0 Å². The highest BCUT2D eigenvalue weighted by atomic mass is 79.9. The lowest BCUT2D eigenvalue weighted by atomic mass is 10.1. The average Bonchev–Trinajstić information content (AvgIpc) is 2.21. The SMILES string of the molecule is Cc1cc(OC/C=C/CN)cc(C)c1Br. The number of nitrogens with two attached hydrogens (primary N) is 1. The standard InChI is InChI=1S/C12H16BrNO/c1-9-7-11(8-10(2)12(9)13)15-6-4-3-5-14/h3-4,7-8H,5-6,14H2,1-2H3/b4-3+. The van der Waals surface area contributed by atoms with Crippen LogP contribution in [0.1, 0.15) is 11.1 Å². The highest BCUT2D eigenvalue weighted by molar-refractivity contribution is 9.10. The molecule has 1 aromatic rings. The Hall–Kier alpha value is -0.800. The molecule has 3 heteroatoms. The maximum atomic E-state index is 5.56. The van der Waals surface area contributed by atoms with Crippen LogP contribution in [0.5, 0.6) is 5.75 Å². The summed E-state index contributed by atoms with van der Waals surface area (Å²) < 4.78 is 6.71. The molecule has 0 bridgehead atoms. The van der Waals surface area contributed by atoms with E-state index in [2.05, 4.69) is 29.8 Å². The minimum absolute atomic E-state index is 0.557. The van der Waals surface area contributed by atoms with Gasteiger partial charge in [-0.25, -0.2) is 0 Å². The Bertz CT molecular complexity index is 338. The number of hydrogen-bond donors (Lipinski definition) is 1. The van der Waals surface area contributed by atoms with Crippen LogP contribution in [0.2, 0.25) is 0 Å². The first-order valence-corrected chi connectivity index (χ1v) is 5.69. The third-order valence-corrected chi connectivity index (χ3v) is 3.31. The zero-order valence-corrected chi connectivity index (χ0v) is 10.7. The van der Waals surface area contributed by atoms with E-state index in [9.17, 15) is 0 Å². The zero-order valence-electron chi connectivity index (χ0n) is 9.09. The van der Waals surface area contributed by atoms with E-state index in [1.807, 2.05) is 24.3 Å². The van der Waals surface area contributed by atoms with Gasteiger partial charge in [-0.1, -0.05) is 28.1 Å². The fraction of sp³-hybridized carbons (Fsp3) is 0.333. The smallest absolute Gasteiger partial charge is 0.120 e. The number of rotatable bonds is 4. The average molecular weight is 270 g/mol. The normalized spacial score (nSPS) is 10.9. The molecule has 15 heavy (non-hydrogen) atoms. The van der Waals surface area contributed by atoms with Crippen molar-refractivity contribution in [2.75, 3.05) is 13.2 Å². The Labute approximate surface area is 99.3 Å². The fourth-order valence-electron chi connectivity index (χ4n) is 1.30. The molecule has 0 saturated heterocycles. The topological polar surface area (TPSA) is 35.2 Å². The van der Waals surface area contributed by atoms with Gasteiger partial charge in [-0.3, -0.25) is 0 Å². The predicted molar refractivity (Wildman–Crippen MR) is 67.3 cm³/mol. The van der Waals surface area contributed by atoms with E-state index < -0.39 is 0 Å². The first-order valence-electron chi connectivity index (χ1n) is 4.89. The van der Waals surface area contributed by atoms with E-state index in [0.29, 0.717) is 13.2 Å².